The minimum atomic E-state index is -0.368. The van der Waals surface area contributed by atoms with Crippen molar-refractivity contribution in [3.8, 4) is 79.7 Å². The molecule has 0 aliphatic carbocycles. The molecule has 4 N–H and O–H groups in total. The summed E-state index contributed by atoms with van der Waals surface area (Å²) < 4.78 is 0. The Morgan fingerprint density at radius 3 is 1.23 bits per heavy atom. The van der Waals surface area contributed by atoms with Crippen molar-refractivity contribution >= 4 is 5.69 Å². The number of aryl methyl sites for hydroxylation is 8. The SMILES string of the molecule is CC(C)C(O)CC(O)C(C)C.CC(C)CC(O)CC(O)CC(C)C.Cc1[c-]c(-c2ncc(-c3ccc(C#N)c(C)c3C)nc2-c2cc(C)cc(C)c2)cc(C)c1.[C-]#[N+]c1cc(C#N)ccc1-c1cnc(-c2[c-]c(C)cc(C)c2)c(-c2cc(C)cc(C)c2)n1.[Ir].[Ir]. The van der Waals surface area contributed by atoms with Gasteiger partial charge in [-0.25, -0.2) is 4.85 Å². The monoisotopic (exact) mass is 1560 g/mol. The Balaban J connectivity index is 0.000000343. The quantitative estimate of drug-likeness (QED) is 0.0679. The van der Waals surface area contributed by atoms with Gasteiger partial charge >= 0.3 is 0 Å². The van der Waals surface area contributed by atoms with E-state index in [4.69, 9.17) is 26.5 Å². The molecule has 4 atom stereocenters. The van der Waals surface area contributed by atoms with Gasteiger partial charge in [-0.15, -0.1) is 69.8 Å². The van der Waals surface area contributed by atoms with Crippen LogP contribution in [0.3, 0.4) is 0 Å². The van der Waals surface area contributed by atoms with Gasteiger partial charge in [0.05, 0.1) is 71.5 Å². The number of nitrogens with zero attached hydrogens (tertiary/aromatic N) is 7. The summed E-state index contributed by atoms with van der Waals surface area (Å²) in [6, 6.07) is 41.3. The van der Waals surface area contributed by atoms with Gasteiger partial charge in [0.1, 0.15) is 0 Å². The van der Waals surface area contributed by atoms with Crippen LogP contribution < -0.4 is 0 Å². The first-order chi connectivity index (χ1) is 41.5. The fourth-order valence-corrected chi connectivity index (χ4v) is 10.6. The first-order valence-electron chi connectivity index (χ1n) is 30.6. The van der Waals surface area contributed by atoms with E-state index >= 15 is 0 Å². The van der Waals surface area contributed by atoms with E-state index in [1.807, 2.05) is 66.8 Å². The number of hydrogen-bond acceptors (Lipinski definition) is 10. The molecule has 8 rings (SSSR count). The van der Waals surface area contributed by atoms with E-state index in [1.165, 1.54) is 16.7 Å². The van der Waals surface area contributed by atoms with Crippen molar-refractivity contribution in [2.45, 2.75) is 175 Å². The molecule has 0 spiro atoms. The zero-order chi connectivity index (χ0) is 65.3. The van der Waals surface area contributed by atoms with Crippen LogP contribution in [0.4, 0.5) is 5.69 Å². The molecule has 0 bridgehead atoms. The van der Waals surface area contributed by atoms with Crippen LogP contribution in [0.15, 0.2) is 103 Å². The molecule has 478 valence electrons. The average Bonchev–Trinajstić information content (AvgIpc) is 1.34. The third kappa shape index (κ3) is 22.8. The Bertz CT molecular complexity index is 3710. The molecule has 0 saturated carbocycles. The van der Waals surface area contributed by atoms with Crippen molar-refractivity contribution in [1.82, 2.24) is 19.9 Å². The number of aromatic nitrogens is 4. The molecule has 0 amide bonds. The molecule has 2 radical (unpaired) electrons. The molecule has 90 heavy (non-hydrogen) atoms. The molecule has 4 unspecified atom stereocenters. The Hall–Kier alpha value is -6.91. The maximum atomic E-state index is 9.54. The third-order valence-corrected chi connectivity index (χ3v) is 15.1. The van der Waals surface area contributed by atoms with Crippen LogP contribution >= 0.6 is 0 Å². The summed E-state index contributed by atoms with van der Waals surface area (Å²) in [6.45, 7) is 44.3. The zero-order valence-electron chi connectivity index (χ0n) is 55.8. The fraction of sp³-hybridized carbons (Fsp3) is 0.390. The maximum Gasteiger partial charge on any atom is 0.197 e. The molecule has 0 aliphatic rings. The molecule has 11 nitrogen and oxygen atoms in total. The molecule has 13 heteroatoms. The van der Waals surface area contributed by atoms with Crippen molar-refractivity contribution in [2.75, 3.05) is 0 Å². The first-order valence-corrected chi connectivity index (χ1v) is 30.6. The Labute approximate surface area is 564 Å². The van der Waals surface area contributed by atoms with Gasteiger partial charge in [0, 0.05) is 80.7 Å². The van der Waals surface area contributed by atoms with Gasteiger partial charge in [-0.3, -0.25) is 9.97 Å². The summed E-state index contributed by atoms with van der Waals surface area (Å²) in [5.41, 5.74) is 22.7. The van der Waals surface area contributed by atoms with E-state index < -0.39 is 0 Å². The van der Waals surface area contributed by atoms with E-state index in [1.54, 1.807) is 24.4 Å². The maximum absolute atomic E-state index is 9.54. The number of nitriles is 2. The summed E-state index contributed by atoms with van der Waals surface area (Å²) in [5, 5.41) is 56.4. The second-order valence-corrected chi connectivity index (χ2v) is 25.3. The minimum absolute atomic E-state index is 0. The van der Waals surface area contributed by atoms with E-state index in [9.17, 15) is 30.9 Å². The van der Waals surface area contributed by atoms with Gasteiger partial charge in [0.2, 0.25) is 0 Å². The molecule has 0 fully saturated rings. The second-order valence-electron chi connectivity index (χ2n) is 25.3. The van der Waals surface area contributed by atoms with Crippen molar-refractivity contribution in [2.24, 2.45) is 23.7 Å². The summed E-state index contributed by atoms with van der Waals surface area (Å²) in [7, 11) is 0. The van der Waals surface area contributed by atoms with Crippen molar-refractivity contribution in [3.05, 3.63) is 194 Å². The largest absolute Gasteiger partial charge is 0.393 e. The van der Waals surface area contributed by atoms with E-state index in [0.29, 0.717) is 52.7 Å². The number of benzene rings is 6. The molecule has 0 saturated heterocycles. The van der Waals surface area contributed by atoms with Gasteiger partial charge in [0.15, 0.2) is 5.69 Å². The Morgan fingerprint density at radius 2 is 0.867 bits per heavy atom. The van der Waals surface area contributed by atoms with Crippen LogP contribution in [0.25, 0.3) is 72.4 Å². The second kappa shape index (κ2) is 36.2. The summed E-state index contributed by atoms with van der Waals surface area (Å²) >= 11 is 0. The van der Waals surface area contributed by atoms with Crippen molar-refractivity contribution in [1.29, 1.82) is 10.5 Å². The Morgan fingerprint density at radius 1 is 0.467 bits per heavy atom. The number of rotatable bonds is 16. The van der Waals surface area contributed by atoms with Crippen LogP contribution in [0.2, 0.25) is 0 Å². The molecule has 6 aromatic carbocycles. The van der Waals surface area contributed by atoms with Gasteiger partial charge in [-0.05, 0) is 131 Å². The number of aliphatic hydroxyl groups excluding tert-OH is 4. The van der Waals surface area contributed by atoms with E-state index in [0.717, 1.165) is 108 Å². The predicted molar refractivity (Wildman–Crippen MR) is 359 cm³/mol. The van der Waals surface area contributed by atoms with Crippen LogP contribution in [0.1, 0.15) is 148 Å². The van der Waals surface area contributed by atoms with Crippen molar-refractivity contribution < 1.29 is 60.6 Å². The Kier molecular flexibility index (Phi) is 31.1. The fourth-order valence-electron chi connectivity index (χ4n) is 10.6. The minimum Gasteiger partial charge on any atom is -0.393 e. The number of aliphatic hydroxyl groups is 4. The predicted octanol–water partition coefficient (Wildman–Crippen LogP) is 17.5. The summed E-state index contributed by atoms with van der Waals surface area (Å²) in [4.78, 5) is 23.4. The normalized spacial score (nSPS) is 12.1. The zero-order valence-corrected chi connectivity index (χ0v) is 60.6. The van der Waals surface area contributed by atoms with E-state index in [-0.39, 0.29) is 76.5 Å². The van der Waals surface area contributed by atoms with Gasteiger partial charge < -0.3 is 30.4 Å². The summed E-state index contributed by atoms with van der Waals surface area (Å²) in [5.74, 6) is 1.48. The van der Waals surface area contributed by atoms with Crippen LogP contribution in [-0.2, 0) is 40.2 Å². The molecular formula is C77H91Ir2N7O4-2. The van der Waals surface area contributed by atoms with E-state index in [2.05, 4.69) is 166 Å². The third-order valence-electron chi connectivity index (χ3n) is 15.1. The molecule has 2 heterocycles. The van der Waals surface area contributed by atoms with Crippen LogP contribution in [-0.4, -0.2) is 64.8 Å². The number of hydrogen-bond donors (Lipinski definition) is 4. The standard InChI is InChI=1S/C29H26N3.C28H21N4.C11H24O2.C9H20O2.2Ir/c1-17-9-18(2)12-24(11-17)28-29(25-13-19(3)10-20(4)14-25)32-27(16-31-28)26-8-7-23(15-30)21(5)22(26)6;1-17-8-18(2)11-22(10-17)27-28(23-12-19(3)9-20(4)13-23)32-26(16-31-27)24-7-6-21(15-29)14-25(24)30-5;1-8(2)5-10(12)7-11(13)6-9(3)4;1-6(2)8(10)5-9(11)7(3)4;;/h7-11,13-14,16H,1-6H3;6-10,12-14,16H,1-4H3;8-13H,5-7H2,1-4H3;6-11H,5H2,1-4H3;;/q2*-1;;;;. The molecule has 0 aliphatic heterocycles. The van der Waals surface area contributed by atoms with Crippen LogP contribution in [0, 0.1) is 134 Å². The van der Waals surface area contributed by atoms with Gasteiger partial charge in [-0.2, -0.15) is 10.5 Å². The summed E-state index contributed by atoms with van der Waals surface area (Å²) in [6.07, 6.45) is 4.71. The first kappa shape index (κ1) is 77.3. The molecule has 2 aromatic heterocycles. The van der Waals surface area contributed by atoms with Crippen molar-refractivity contribution in [3.63, 3.8) is 0 Å². The molecule has 8 aromatic rings. The smallest absolute Gasteiger partial charge is 0.197 e. The van der Waals surface area contributed by atoms with Gasteiger partial charge in [-0.1, -0.05) is 154 Å². The van der Waals surface area contributed by atoms with Crippen LogP contribution in [0.5, 0.6) is 0 Å². The van der Waals surface area contributed by atoms with Gasteiger partial charge in [0.25, 0.3) is 0 Å². The topological polar surface area (TPSA) is 184 Å². The average molecular weight is 1560 g/mol. The molecular weight excluding hydrogens is 1470 g/mol.